The molecule has 1 fully saturated rings. The summed E-state index contributed by atoms with van der Waals surface area (Å²) in [6.45, 7) is 4.93. The molecule has 5 rings (SSSR count). The minimum Gasteiger partial charge on any atom is -0.390 e. The van der Waals surface area contributed by atoms with Crippen LogP contribution in [-0.2, 0) is 6.54 Å². The van der Waals surface area contributed by atoms with Gasteiger partial charge in [-0.25, -0.2) is 0 Å². The fourth-order valence-electron chi connectivity index (χ4n) is 4.72. The van der Waals surface area contributed by atoms with Gasteiger partial charge in [-0.2, -0.15) is 0 Å². The number of piperazine rings is 1. The molecule has 0 radical (unpaired) electrons. The maximum atomic E-state index is 11.1. The minimum atomic E-state index is -0.468. The van der Waals surface area contributed by atoms with E-state index in [1.165, 1.54) is 11.1 Å². The third kappa shape index (κ3) is 5.00. The molecule has 1 aliphatic rings. The lowest BCUT2D eigenvalue weighted by atomic mass is 10.2. The van der Waals surface area contributed by atoms with E-state index in [1.54, 1.807) is 0 Å². The number of rotatable bonds is 5. The van der Waals surface area contributed by atoms with Gasteiger partial charge in [-0.05, 0) is 70.5 Å². The quantitative estimate of drug-likeness (QED) is 0.253. The molecule has 0 amide bonds. The Bertz CT molecular complexity index is 1300. The lowest BCUT2D eigenvalue weighted by Crippen LogP contribution is -2.49. The Labute approximate surface area is 223 Å². The van der Waals surface area contributed by atoms with E-state index in [2.05, 4.69) is 105 Å². The van der Waals surface area contributed by atoms with E-state index in [0.29, 0.717) is 13.1 Å². The monoisotopic (exact) mass is 653 g/mol. The van der Waals surface area contributed by atoms with Crippen LogP contribution in [0.4, 0.5) is 5.69 Å². The lowest BCUT2D eigenvalue weighted by molar-refractivity contribution is 0.0969. The van der Waals surface area contributed by atoms with Gasteiger partial charge in [-0.3, -0.25) is 4.90 Å². The fourth-order valence-corrected chi connectivity index (χ4v) is 6.65. The molecule has 2 heterocycles. The van der Waals surface area contributed by atoms with Crippen LogP contribution in [0.3, 0.4) is 0 Å². The predicted octanol–water partition coefficient (Wildman–Crippen LogP) is 6.92. The second-order valence-corrected chi connectivity index (χ2v) is 11.6. The molecule has 0 spiro atoms. The first-order valence-corrected chi connectivity index (χ1v) is 13.6. The summed E-state index contributed by atoms with van der Waals surface area (Å²) in [5.74, 6) is 0. The number of nitrogens with zero attached hydrogens (tertiary/aromatic N) is 3. The zero-order valence-electron chi connectivity index (χ0n) is 17.8. The van der Waals surface area contributed by atoms with Crippen LogP contribution in [0, 0.1) is 0 Å². The first-order chi connectivity index (χ1) is 15.9. The van der Waals surface area contributed by atoms with Crippen LogP contribution >= 0.6 is 59.4 Å². The van der Waals surface area contributed by atoms with Crippen LogP contribution in [-0.4, -0.2) is 53.4 Å². The van der Waals surface area contributed by atoms with Crippen LogP contribution in [0.1, 0.15) is 0 Å². The maximum absolute atomic E-state index is 11.1. The van der Waals surface area contributed by atoms with Crippen molar-refractivity contribution in [2.75, 3.05) is 37.6 Å². The summed E-state index contributed by atoms with van der Waals surface area (Å²) in [7, 11) is 0. The van der Waals surface area contributed by atoms with E-state index >= 15 is 0 Å². The zero-order valence-corrected chi connectivity index (χ0v) is 23.3. The Morgan fingerprint density at radius 2 is 1.52 bits per heavy atom. The Kier molecular flexibility index (Phi) is 7.08. The van der Waals surface area contributed by atoms with Gasteiger partial charge in [0.2, 0.25) is 0 Å². The molecular weight excluding hydrogens is 633 g/mol. The van der Waals surface area contributed by atoms with Gasteiger partial charge in [0.05, 0.1) is 18.2 Å². The molecule has 0 aliphatic carbocycles. The maximum Gasteiger partial charge on any atom is 0.0846 e. The van der Waals surface area contributed by atoms with Crippen molar-refractivity contribution in [3.63, 3.8) is 0 Å². The normalized spacial score (nSPS) is 16.1. The van der Waals surface area contributed by atoms with Gasteiger partial charge in [0, 0.05) is 73.1 Å². The summed E-state index contributed by atoms with van der Waals surface area (Å²) in [5, 5.41) is 14.2. The van der Waals surface area contributed by atoms with E-state index in [-0.39, 0.29) is 0 Å². The van der Waals surface area contributed by atoms with Crippen molar-refractivity contribution in [2.45, 2.75) is 12.6 Å². The first-order valence-electron chi connectivity index (χ1n) is 10.9. The van der Waals surface area contributed by atoms with Crippen LogP contribution < -0.4 is 4.90 Å². The van der Waals surface area contributed by atoms with E-state index in [1.807, 2.05) is 12.1 Å². The zero-order chi connectivity index (χ0) is 23.1. The van der Waals surface area contributed by atoms with Crippen molar-refractivity contribution in [3.05, 3.63) is 73.0 Å². The number of anilines is 1. The highest BCUT2D eigenvalue weighted by atomic mass is 79.9. The van der Waals surface area contributed by atoms with E-state index in [0.717, 1.165) is 61.0 Å². The molecule has 1 saturated heterocycles. The molecule has 172 valence electrons. The molecule has 1 aromatic heterocycles. The van der Waals surface area contributed by atoms with E-state index in [9.17, 15) is 5.11 Å². The standard InChI is InChI=1S/C25H23Br3ClN3O/c26-16-1-6-24-21(11-16)22-12-17(27)13-23(28)25(22)32(24)15-20(33)14-30-7-9-31(10-8-30)19-4-2-18(29)3-5-19/h1-6,11-13,20,33H,7-10,14-15H2/t20-/m0/s1. The molecule has 0 bridgehead atoms. The molecule has 0 unspecified atom stereocenters. The largest absolute Gasteiger partial charge is 0.390 e. The van der Waals surface area contributed by atoms with Gasteiger partial charge in [0.1, 0.15) is 0 Å². The van der Waals surface area contributed by atoms with Crippen molar-refractivity contribution >= 4 is 86.9 Å². The minimum absolute atomic E-state index is 0.468. The molecule has 0 saturated carbocycles. The lowest BCUT2D eigenvalue weighted by Gasteiger charge is -2.37. The second kappa shape index (κ2) is 9.88. The summed E-state index contributed by atoms with van der Waals surface area (Å²) in [4.78, 5) is 4.73. The van der Waals surface area contributed by atoms with Crippen molar-refractivity contribution < 1.29 is 5.11 Å². The van der Waals surface area contributed by atoms with Crippen LogP contribution in [0.2, 0.25) is 5.02 Å². The molecule has 8 heteroatoms. The Morgan fingerprint density at radius 3 is 2.24 bits per heavy atom. The van der Waals surface area contributed by atoms with Crippen molar-refractivity contribution in [3.8, 4) is 0 Å². The number of benzene rings is 3. The average molecular weight is 657 g/mol. The summed E-state index contributed by atoms with van der Waals surface area (Å²) in [6, 6.07) is 18.6. The summed E-state index contributed by atoms with van der Waals surface area (Å²) in [5.41, 5.74) is 3.43. The Hall–Kier alpha value is -1.09. The average Bonchev–Trinajstić information content (AvgIpc) is 3.07. The number of β-amino-alcohol motifs (C(OH)–C–C–N with tert-alkyl or cyclic N) is 1. The smallest absolute Gasteiger partial charge is 0.0846 e. The molecule has 4 nitrogen and oxygen atoms in total. The summed E-state index contributed by atoms with van der Waals surface area (Å²) in [6.07, 6.45) is -0.468. The molecular formula is C25H23Br3ClN3O. The van der Waals surface area contributed by atoms with Gasteiger partial charge < -0.3 is 14.6 Å². The van der Waals surface area contributed by atoms with E-state index < -0.39 is 6.10 Å². The highest BCUT2D eigenvalue weighted by Crippen LogP contribution is 2.37. The second-order valence-electron chi connectivity index (χ2n) is 8.47. The van der Waals surface area contributed by atoms with Gasteiger partial charge >= 0.3 is 0 Å². The van der Waals surface area contributed by atoms with Crippen molar-refractivity contribution in [1.82, 2.24) is 9.47 Å². The predicted molar refractivity (Wildman–Crippen MR) is 149 cm³/mol. The van der Waals surface area contributed by atoms with Crippen LogP contribution in [0.25, 0.3) is 21.8 Å². The van der Waals surface area contributed by atoms with E-state index in [4.69, 9.17) is 11.6 Å². The Balaban J connectivity index is 1.32. The number of aliphatic hydroxyl groups excluding tert-OH is 1. The molecule has 1 aliphatic heterocycles. The summed E-state index contributed by atoms with van der Waals surface area (Å²) >= 11 is 17.0. The van der Waals surface area contributed by atoms with Gasteiger partial charge in [-0.15, -0.1) is 0 Å². The van der Waals surface area contributed by atoms with Crippen LogP contribution in [0.15, 0.2) is 68.0 Å². The number of hydrogen-bond acceptors (Lipinski definition) is 3. The highest BCUT2D eigenvalue weighted by molar-refractivity contribution is 9.11. The van der Waals surface area contributed by atoms with Crippen molar-refractivity contribution in [1.29, 1.82) is 0 Å². The number of halogens is 4. The SMILES string of the molecule is O[C@@H](CN1CCN(c2ccc(Cl)cc2)CC1)Cn1c2ccc(Br)cc2c2cc(Br)cc(Br)c21. The van der Waals surface area contributed by atoms with Gasteiger partial charge in [0.25, 0.3) is 0 Å². The molecule has 4 aromatic rings. The van der Waals surface area contributed by atoms with Crippen molar-refractivity contribution in [2.24, 2.45) is 0 Å². The number of hydrogen-bond donors (Lipinski definition) is 1. The first kappa shape index (κ1) is 23.6. The third-order valence-corrected chi connectivity index (χ3v) is 8.07. The van der Waals surface area contributed by atoms with Gasteiger partial charge in [-0.1, -0.05) is 43.5 Å². The topological polar surface area (TPSA) is 31.6 Å². The molecule has 1 N–H and O–H groups in total. The number of fused-ring (bicyclic) bond motifs is 3. The third-order valence-electron chi connectivity index (χ3n) is 6.26. The fraction of sp³-hybridized carbons (Fsp3) is 0.280. The number of aliphatic hydroxyl groups is 1. The highest BCUT2D eigenvalue weighted by Gasteiger charge is 2.22. The van der Waals surface area contributed by atoms with Crippen LogP contribution in [0.5, 0.6) is 0 Å². The molecule has 1 atom stereocenters. The number of aromatic nitrogens is 1. The Morgan fingerprint density at radius 1 is 0.818 bits per heavy atom. The summed E-state index contributed by atoms with van der Waals surface area (Å²) < 4.78 is 5.33. The van der Waals surface area contributed by atoms with Gasteiger partial charge in [0.15, 0.2) is 0 Å². The molecule has 3 aromatic carbocycles. The molecule has 33 heavy (non-hydrogen) atoms.